The predicted molar refractivity (Wildman–Crippen MR) is 201 cm³/mol. The van der Waals surface area contributed by atoms with E-state index >= 15 is 0 Å². The highest BCUT2D eigenvalue weighted by Crippen LogP contribution is 2.40. The van der Waals surface area contributed by atoms with Gasteiger partial charge in [0.15, 0.2) is 35.6 Å². The first-order valence-electron chi connectivity index (χ1n) is 16.3. The molecule has 0 bridgehead atoms. The molecule has 0 aromatic carbocycles. The Balaban J connectivity index is 1.23. The van der Waals surface area contributed by atoms with E-state index in [1.54, 1.807) is 47.4 Å². The van der Waals surface area contributed by atoms with Crippen molar-refractivity contribution in [3.05, 3.63) is 98.5 Å². The van der Waals surface area contributed by atoms with Crippen LogP contribution in [-0.4, -0.2) is 124 Å². The Morgan fingerprint density at radius 3 is 2.66 bits per heavy atom. The maximum Gasteiger partial charge on any atom is 0.352 e. The van der Waals surface area contributed by atoms with Crippen molar-refractivity contribution in [1.29, 1.82) is 0 Å². The minimum Gasteiger partial charge on any atom is -0.503 e. The second-order valence-electron chi connectivity index (χ2n) is 11.9. The third-order valence-corrected chi connectivity index (χ3v) is 9.97. The molecule has 2 aromatic heterocycles. The summed E-state index contributed by atoms with van der Waals surface area (Å²) in [4.78, 5) is 84.3. The van der Waals surface area contributed by atoms with Gasteiger partial charge in [-0.3, -0.25) is 24.1 Å². The molecule has 3 amide bonds. The summed E-state index contributed by atoms with van der Waals surface area (Å²) in [5.41, 5.74) is 11.2. The number of rotatable bonds is 15. The predicted octanol–water partition coefficient (Wildman–Crippen LogP) is -1.32. The van der Waals surface area contributed by atoms with E-state index < -0.39 is 64.1 Å². The average Bonchev–Trinajstić information content (AvgIpc) is 3.58. The second-order valence-corrected chi connectivity index (χ2v) is 13.9. The third kappa shape index (κ3) is 9.25. The maximum atomic E-state index is 13.3. The van der Waals surface area contributed by atoms with Crippen LogP contribution in [0, 0.1) is 0 Å². The highest BCUT2D eigenvalue weighted by atomic mass is 32.2. The van der Waals surface area contributed by atoms with E-state index in [0.29, 0.717) is 27.9 Å². The number of carbonyl (C=O) groups excluding carboxylic acids is 3. The molecule has 56 heavy (non-hydrogen) atoms. The molecule has 0 radical (unpaired) electrons. The number of nitrogens with zero attached hydrogens (tertiary/aromatic N) is 5. The number of nitrogens with two attached hydrogens (primary N) is 2. The van der Waals surface area contributed by atoms with Gasteiger partial charge in [0.2, 0.25) is 11.5 Å². The molecule has 0 saturated carbocycles. The first-order valence-corrected chi connectivity index (χ1v) is 18.3. The Labute approximate surface area is 324 Å². The van der Waals surface area contributed by atoms with E-state index in [1.165, 1.54) is 24.1 Å². The zero-order valence-electron chi connectivity index (χ0n) is 29.2. The lowest BCUT2D eigenvalue weighted by Gasteiger charge is -2.49. The Kier molecular flexibility index (Phi) is 12.6. The van der Waals surface area contributed by atoms with E-state index in [2.05, 4.69) is 26.1 Å². The lowest BCUT2D eigenvalue weighted by Crippen LogP contribution is -2.71. The highest BCUT2D eigenvalue weighted by Gasteiger charge is 2.54. The number of thioether (sulfide) groups is 1. The van der Waals surface area contributed by atoms with Gasteiger partial charge in [0.05, 0.1) is 11.9 Å². The Hall–Kier alpha value is -6.88. The van der Waals surface area contributed by atoms with Gasteiger partial charge in [-0.2, -0.15) is 9.31 Å². The molecule has 21 nitrogen and oxygen atoms in total. The number of carboxylic acids is 2. The number of carboxylic acid groups (broad SMARTS) is 2. The number of aliphatic carboxylic acids is 2. The molecule has 1 unspecified atom stereocenters. The Morgan fingerprint density at radius 2 is 1.96 bits per heavy atom. The third-order valence-electron chi connectivity index (χ3n) is 7.99. The van der Waals surface area contributed by atoms with Gasteiger partial charge in [-0.15, -0.1) is 23.1 Å². The molecule has 3 atom stereocenters. The largest absolute Gasteiger partial charge is 0.503 e. The Morgan fingerprint density at radius 1 is 1.20 bits per heavy atom. The molecule has 23 heteroatoms. The van der Waals surface area contributed by atoms with Crippen molar-refractivity contribution in [2.24, 2.45) is 10.9 Å². The van der Waals surface area contributed by atoms with Crippen LogP contribution in [0.3, 0.4) is 0 Å². The van der Waals surface area contributed by atoms with Crippen LogP contribution in [0.2, 0.25) is 0 Å². The van der Waals surface area contributed by atoms with Gasteiger partial charge in [-0.05, 0) is 24.6 Å². The quantitative estimate of drug-likeness (QED) is 0.0251. The fourth-order valence-corrected chi connectivity index (χ4v) is 7.04. The van der Waals surface area contributed by atoms with E-state index in [-0.39, 0.29) is 47.6 Å². The van der Waals surface area contributed by atoms with Crippen LogP contribution >= 0.6 is 23.1 Å². The van der Waals surface area contributed by atoms with Crippen LogP contribution < -0.4 is 32.8 Å². The summed E-state index contributed by atoms with van der Waals surface area (Å²) in [6.45, 7) is 1.67. The number of aromatic hydroxyl groups is 1. The number of nitrogen functional groups attached to an aromatic ring is 1. The van der Waals surface area contributed by atoms with Crippen LogP contribution in [0.15, 0.2) is 86.8 Å². The van der Waals surface area contributed by atoms with Gasteiger partial charge < -0.3 is 52.8 Å². The van der Waals surface area contributed by atoms with Gasteiger partial charge in [-0.1, -0.05) is 17.3 Å². The lowest BCUT2D eigenvalue weighted by molar-refractivity contribution is -0.439. The van der Waals surface area contributed by atoms with Crippen molar-refractivity contribution in [3.63, 3.8) is 0 Å². The first kappa shape index (κ1) is 40.3. The number of thiazole rings is 1. The topological polar surface area (TPSA) is 317 Å². The van der Waals surface area contributed by atoms with Crippen LogP contribution in [0.4, 0.5) is 5.13 Å². The number of oxime groups is 1. The number of amides is 3. The first-order chi connectivity index (χ1) is 26.7. The van der Waals surface area contributed by atoms with E-state index in [0.717, 1.165) is 22.3 Å². The van der Waals surface area contributed by atoms with Gasteiger partial charge in [0, 0.05) is 36.4 Å². The highest BCUT2D eigenvalue weighted by molar-refractivity contribution is 8.00. The number of hydrogen-bond acceptors (Lipinski definition) is 16. The van der Waals surface area contributed by atoms with Gasteiger partial charge in [0.1, 0.15) is 34.2 Å². The van der Waals surface area contributed by atoms with Crippen LogP contribution in [0.25, 0.3) is 0 Å². The molecule has 5 rings (SSSR count). The van der Waals surface area contributed by atoms with Crippen molar-refractivity contribution in [3.8, 4) is 5.75 Å². The number of pyridine rings is 1. The van der Waals surface area contributed by atoms with E-state index in [9.17, 15) is 44.2 Å². The molecule has 11 N–H and O–H groups in total. The van der Waals surface area contributed by atoms with Crippen LogP contribution in [0.5, 0.6) is 5.75 Å². The molecule has 0 spiro atoms. The standard InChI is InChI=1S/C33H34N10O11S2/c1-16(31(49)50)54-40-24(20-15-56-33(35)38-20)28(47)39-25-29(48)43-26(32(51)52)17(14-55-30(25)43)5-4-10-41-9-3-2-6-18(34)19(12-41)36-7-8-37-27(46)21-11-22(44)23(45)13-42(21)53/h2-6,9,11-13,15-16,25,30,34,36,53H,7-8,10,14H2,1H3,(H7,35,37,38,39,45,46,47,49,50,51,52)/p+1/b5-4+,6-2+,9-3?,19-12?,40-24-/t16-,25+,30?/m0/s1. The van der Waals surface area contributed by atoms with Crippen molar-refractivity contribution in [2.75, 3.05) is 31.1 Å². The van der Waals surface area contributed by atoms with Crippen LogP contribution in [0.1, 0.15) is 23.1 Å². The molecule has 1 fully saturated rings. The lowest BCUT2D eigenvalue weighted by atomic mass is 10.0. The molecular weight excluding hydrogens is 777 g/mol. The van der Waals surface area contributed by atoms with Gasteiger partial charge in [-0.25, -0.2) is 14.6 Å². The van der Waals surface area contributed by atoms with E-state index in [1.807, 2.05) is 0 Å². The Bertz CT molecular complexity index is 2240. The van der Waals surface area contributed by atoms with E-state index in [4.69, 9.17) is 21.4 Å². The molecule has 1 saturated heterocycles. The number of anilines is 1. The maximum absolute atomic E-state index is 13.3. The number of nitrogens with one attached hydrogen (secondary N) is 3. The number of carbonyl (C=O) groups is 5. The summed E-state index contributed by atoms with van der Waals surface area (Å²) in [5, 5.41) is 51.1. The summed E-state index contributed by atoms with van der Waals surface area (Å²) in [7, 11) is 0. The molecule has 2 aromatic rings. The monoisotopic (exact) mass is 811 g/mol. The van der Waals surface area contributed by atoms with Crippen molar-refractivity contribution < 1.29 is 53.9 Å². The van der Waals surface area contributed by atoms with Gasteiger partial charge >= 0.3 is 11.9 Å². The minimum atomic E-state index is -1.40. The molecular formula is C33H35N10O11S2+. The number of aromatic nitrogens is 2. The molecule has 0 aliphatic carbocycles. The summed E-state index contributed by atoms with van der Waals surface area (Å²) in [6.07, 6.45) is 11.1. The molecule has 3 aliphatic heterocycles. The zero-order valence-corrected chi connectivity index (χ0v) is 30.8. The smallest absolute Gasteiger partial charge is 0.352 e. The van der Waals surface area contributed by atoms with Crippen molar-refractivity contribution >= 4 is 69.8 Å². The number of allylic oxidation sites excluding steroid dienone is 5. The fraction of sp³-hybridized carbons (Fsp3) is 0.242. The zero-order chi connectivity index (χ0) is 40.7. The van der Waals surface area contributed by atoms with Crippen molar-refractivity contribution in [1.82, 2.24) is 30.6 Å². The number of fused-ring (bicyclic) bond motifs is 1. The summed E-state index contributed by atoms with van der Waals surface area (Å²) < 4.78 is 2.08. The summed E-state index contributed by atoms with van der Waals surface area (Å²) in [6, 6.07) is -0.345. The molecule has 5 heterocycles. The van der Waals surface area contributed by atoms with Gasteiger partial charge in [0.25, 0.3) is 17.7 Å². The average molecular weight is 812 g/mol. The summed E-state index contributed by atoms with van der Waals surface area (Å²) >= 11 is 2.22. The normalized spacial score (nSPS) is 20.6. The van der Waals surface area contributed by atoms with Crippen molar-refractivity contribution in [2.45, 2.75) is 24.4 Å². The molecule has 3 aliphatic rings. The number of β-lactam (4-membered cyclic amide) rings is 1. The molecule has 294 valence electrons. The fourth-order valence-electron chi connectivity index (χ4n) is 5.18. The summed E-state index contributed by atoms with van der Waals surface area (Å²) in [5.74, 6) is -5.60. The second kappa shape index (κ2) is 17.5. The SMILES string of the molecule is C[C@H](O/N=C(\C(=O)N[C@@H]1C(=O)N2C(C(=O)O)=C(/C=C/C[N+]3=C/C(NCCNC(=O)c4cc(=O)c(O)cn4O)=C(N)\C=C\C=C3)CSC12)c1csc(N)n1)C(=O)O. The van der Waals surface area contributed by atoms with Crippen LogP contribution in [-0.2, 0) is 24.0 Å². The number of hydrogen-bond donors (Lipinski definition) is 9. The minimum absolute atomic E-state index is 0.0115.